The zero-order valence-electron chi connectivity index (χ0n) is 22.0. The van der Waals surface area contributed by atoms with Crippen LogP contribution in [0.2, 0.25) is 10.0 Å². The molecule has 0 fully saturated rings. The molecule has 3 aromatic carbocycles. The van der Waals surface area contributed by atoms with Gasteiger partial charge in [-0.25, -0.2) is 13.8 Å². The molecular formula is C27H22Cl2N4O8S. The first-order chi connectivity index (χ1) is 20.0. The zero-order valence-corrected chi connectivity index (χ0v) is 24.3. The molecule has 0 unspecified atom stereocenters. The second-order valence-electron chi connectivity index (χ2n) is 8.39. The maximum absolute atomic E-state index is 13.8. The molecule has 0 radical (unpaired) electrons. The van der Waals surface area contributed by atoms with Crippen LogP contribution < -0.4 is 19.2 Å². The van der Waals surface area contributed by atoms with Crippen molar-refractivity contribution in [1.82, 2.24) is 5.43 Å². The summed E-state index contributed by atoms with van der Waals surface area (Å²) in [6.07, 6.45) is 1.21. The summed E-state index contributed by atoms with van der Waals surface area (Å²) in [5.41, 5.74) is 2.11. The van der Waals surface area contributed by atoms with Gasteiger partial charge in [0.2, 0.25) is 0 Å². The van der Waals surface area contributed by atoms with Gasteiger partial charge < -0.3 is 13.9 Å². The van der Waals surface area contributed by atoms with Crippen LogP contribution in [0.1, 0.15) is 5.76 Å². The number of rotatable bonds is 11. The fraction of sp³-hybridized carbons (Fsp3) is 0.111. The highest BCUT2D eigenvalue weighted by atomic mass is 35.5. The molecule has 0 aliphatic heterocycles. The van der Waals surface area contributed by atoms with Crippen LogP contribution in [0.5, 0.6) is 11.5 Å². The SMILES string of the molecule is COc1ccc(N(CC(=O)N/N=C\c2ccc(-c3ccc(Cl)cc3Cl)o2)S(=O)(=O)c2ccccc2[N+](=O)[O-])c(OC)c1. The quantitative estimate of drug-likeness (QED) is 0.129. The maximum Gasteiger partial charge on any atom is 0.289 e. The molecular weight excluding hydrogens is 611 g/mol. The van der Waals surface area contributed by atoms with E-state index >= 15 is 0 Å². The van der Waals surface area contributed by atoms with Gasteiger partial charge >= 0.3 is 0 Å². The van der Waals surface area contributed by atoms with Gasteiger partial charge in [-0.3, -0.25) is 19.2 Å². The molecule has 1 amide bonds. The molecule has 0 spiro atoms. The maximum atomic E-state index is 13.8. The van der Waals surface area contributed by atoms with E-state index in [9.17, 15) is 23.3 Å². The number of nitro benzene ring substituents is 1. The smallest absolute Gasteiger partial charge is 0.289 e. The zero-order chi connectivity index (χ0) is 30.4. The van der Waals surface area contributed by atoms with Crippen LogP contribution in [0.4, 0.5) is 11.4 Å². The fourth-order valence-corrected chi connectivity index (χ4v) is 5.92. The molecule has 1 N–H and O–H groups in total. The molecule has 0 saturated heterocycles. The van der Waals surface area contributed by atoms with Crippen molar-refractivity contribution in [1.29, 1.82) is 0 Å². The molecule has 1 aromatic heterocycles. The number of nitrogens with one attached hydrogen (secondary N) is 1. The average molecular weight is 633 g/mol. The Balaban J connectivity index is 1.62. The number of nitro groups is 1. The van der Waals surface area contributed by atoms with Gasteiger partial charge in [-0.05, 0) is 48.5 Å². The van der Waals surface area contributed by atoms with Crippen LogP contribution >= 0.6 is 23.2 Å². The predicted octanol–water partition coefficient (Wildman–Crippen LogP) is 5.52. The number of hydrazone groups is 1. The van der Waals surface area contributed by atoms with E-state index in [4.69, 9.17) is 37.1 Å². The molecule has 0 aliphatic rings. The molecule has 4 aromatic rings. The number of hydrogen-bond donors (Lipinski definition) is 1. The van der Waals surface area contributed by atoms with E-state index in [0.717, 1.165) is 12.1 Å². The van der Waals surface area contributed by atoms with E-state index in [0.29, 0.717) is 31.4 Å². The summed E-state index contributed by atoms with van der Waals surface area (Å²) in [7, 11) is -1.96. The Labute approximate surface area is 250 Å². The first-order valence-electron chi connectivity index (χ1n) is 11.9. The number of furan rings is 1. The summed E-state index contributed by atoms with van der Waals surface area (Å²) < 4.78 is 44.5. The fourth-order valence-electron chi connectivity index (χ4n) is 3.83. The Hall–Kier alpha value is -4.59. The van der Waals surface area contributed by atoms with Crippen LogP contribution in [0.25, 0.3) is 11.3 Å². The second kappa shape index (κ2) is 12.9. The number of carbonyl (C=O) groups is 1. The minimum absolute atomic E-state index is 0.0387. The van der Waals surface area contributed by atoms with Gasteiger partial charge in [-0.1, -0.05) is 35.3 Å². The first-order valence-corrected chi connectivity index (χ1v) is 14.1. The van der Waals surface area contributed by atoms with Crippen LogP contribution in [0.3, 0.4) is 0 Å². The molecule has 15 heteroatoms. The molecule has 0 bridgehead atoms. The number of halogens is 2. The van der Waals surface area contributed by atoms with Gasteiger partial charge in [-0.2, -0.15) is 5.10 Å². The Morgan fingerprint density at radius 1 is 1.07 bits per heavy atom. The lowest BCUT2D eigenvalue weighted by molar-refractivity contribution is -0.387. The number of para-hydroxylation sites is 1. The van der Waals surface area contributed by atoms with E-state index in [1.807, 2.05) is 0 Å². The van der Waals surface area contributed by atoms with Crippen molar-refractivity contribution < 1.29 is 32.0 Å². The lowest BCUT2D eigenvalue weighted by Crippen LogP contribution is -2.40. The van der Waals surface area contributed by atoms with Crippen LogP contribution in [-0.4, -0.2) is 46.2 Å². The summed E-state index contributed by atoms with van der Waals surface area (Å²) in [5.74, 6) is 0.219. The number of amides is 1. The lowest BCUT2D eigenvalue weighted by atomic mass is 10.2. The third kappa shape index (κ3) is 6.65. The molecule has 0 aliphatic carbocycles. The van der Waals surface area contributed by atoms with Gasteiger partial charge in [0.15, 0.2) is 4.90 Å². The summed E-state index contributed by atoms with van der Waals surface area (Å²) in [6, 6.07) is 17.2. The molecule has 4 rings (SSSR count). The molecule has 0 saturated carbocycles. The standard InChI is InChI=1S/C27H22Cl2N4O8S/c1-39-18-8-11-22(25(14-18)40-2)32(42(37,38)26-6-4-3-5-23(26)33(35)36)16-27(34)31-30-15-19-9-12-24(41-19)20-10-7-17(28)13-21(20)29/h3-15H,16H2,1-2H3,(H,31,34)/b30-15-. The van der Waals surface area contributed by atoms with E-state index in [1.54, 1.807) is 30.3 Å². The number of ether oxygens (including phenoxy) is 2. The number of sulfonamides is 1. The van der Waals surface area contributed by atoms with Crippen molar-refractivity contribution in [2.24, 2.45) is 5.10 Å². The van der Waals surface area contributed by atoms with Crippen LogP contribution in [0.15, 0.2) is 87.2 Å². The number of methoxy groups -OCH3 is 2. The largest absolute Gasteiger partial charge is 0.497 e. The normalized spacial score (nSPS) is 11.3. The minimum Gasteiger partial charge on any atom is -0.497 e. The Bertz CT molecular complexity index is 1780. The molecule has 218 valence electrons. The highest BCUT2D eigenvalue weighted by Gasteiger charge is 2.34. The third-order valence-electron chi connectivity index (χ3n) is 5.78. The Morgan fingerprint density at radius 3 is 2.52 bits per heavy atom. The third-order valence-corrected chi connectivity index (χ3v) is 8.13. The average Bonchev–Trinajstić information content (AvgIpc) is 3.44. The highest BCUT2D eigenvalue weighted by Crippen LogP contribution is 2.37. The van der Waals surface area contributed by atoms with Gasteiger partial charge in [-0.15, -0.1) is 0 Å². The van der Waals surface area contributed by atoms with Crippen molar-refractivity contribution in [3.05, 3.63) is 98.7 Å². The number of nitrogens with zero attached hydrogens (tertiary/aromatic N) is 3. The summed E-state index contributed by atoms with van der Waals surface area (Å²) in [5, 5.41) is 16.3. The monoisotopic (exact) mass is 632 g/mol. The first kappa shape index (κ1) is 30.4. The van der Waals surface area contributed by atoms with Crippen molar-refractivity contribution in [3.8, 4) is 22.8 Å². The van der Waals surface area contributed by atoms with E-state index in [1.165, 1.54) is 50.8 Å². The summed E-state index contributed by atoms with van der Waals surface area (Å²) in [4.78, 5) is 23.1. The second-order valence-corrected chi connectivity index (χ2v) is 11.1. The number of carbonyl (C=O) groups excluding carboxylic acids is 1. The Morgan fingerprint density at radius 2 is 1.83 bits per heavy atom. The number of benzene rings is 3. The summed E-state index contributed by atoms with van der Waals surface area (Å²) in [6.45, 7) is -0.807. The van der Waals surface area contributed by atoms with Crippen molar-refractivity contribution >= 4 is 56.7 Å². The summed E-state index contributed by atoms with van der Waals surface area (Å²) >= 11 is 12.2. The lowest BCUT2D eigenvalue weighted by Gasteiger charge is -2.25. The predicted molar refractivity (Wildman–Crippen MR) is 157 cm³/mol. The van der Waals surface area contributed by atoms with Gasteiger partial charge in [0.1, 0.15) is 29.6 Å². The molecule has 0 atom stereocenters. The van der Waals surface area contributed by atoms with E-state index in [-0.39, 0.29) is 17.2 Å². The van der Waals surface area contributed by atoms with Gasteiger partial charge in [0.25, 0.3) is 21.6 Å². The van der Waals surface area contributed by atoms with Crippen molar-refractivity contribution in [3.63, 3.8) is 0 Å². The van der Waals surface area contributed by atoms with Crippen LogP contribution in [0, 0.1) is 10.1 Å². The molecule has 12 nitrogen and oxygen atoms in total. The van der Waals surface area contributed by atoms with Crippen molar-refractivity contribution in [2.75, 3.05) is 25.1 Å². The molecule has 42 heavy (non-hydrogen) atoms. The number of hydrogen-bond acceptors (Lipinski definition) is 9. The minimum atomic E-state index is -4.67. The number of anilines is 1. The van der Waals surface area contributed by atoms with Crippen LogP contribution in [-0.2, 0) is 14.8 Å². The Kier molecular flexibility index (Phi) is 9.35. The molecule has 1 heterocycles. The van der Waals surface area contributed by atoms with Gasteiger partial charge in [0.05, 0.1) is 36.1 Å². The van der Waals surface area contributed by atoms with Crippen molar-refractivity contribution in [2.45, 2.75) is 4.90 Å². The van der Waals surface area contributed by atoms with Gasteiger partial charge in [0, 0.05) is 22.7 Å². The highest BCUT2D eigenvalue weighted by molar-refractivity contribution is 7.93. The topological polar surface area (TPSA) is 154 Å². The van der Waals surface area contributed by atoms with E-state index in [2.05, 4.69) is 10.5 Å². The van der Waals surface area contributed by atoms with E-state index < -0.39 is 38.0 Å².